The Kier molecular flexibility index (Phi) is 5.54. The molecule has 1 aliphatic carbocycles. The normalized spacial score (nSPS) is 19.9. The van der Waals surface area contributed by atoms with E-state index in [1.165, 1.54) is 6.42 Å². The van der Waals surface area contributed by atoms with Gasteiger partial charge in [-0.2, -0.15) is 0 Å². The van der Waals surface area contributed by atoms with Gasteiger partial charge in [0.2, 0.25) is 5.95 Å². The van der Waals surface area contributed by atoms with Crippen molar-refractivity contribution in [3.8, 4) is 0 Å². The summed E-state index contributed by atoms with van der Waals surface area (Å²) < 4.78 is 0.798. The van der Waals surface area contributed by atoms with Crippen LogP contribution in [-0.2, 0) is 0 Å². The molecule has 2 atom stereocenters. The second-order valence-electron chi connectivity index (χ2n) is 5.05. The van der Waals surface area contributed by atoms with Gasteiger partial charge in [-0.1, -0.05) is 19.3 Å². The fourth-order valence-electron chi connectivity index (χ4n) is 2.60. The molecular formula is C13H20BrN3O2. The number of hydrogen-bond acceptors (Lipinski definition) is 5. The molecule has 1 heterocycles. The van der Waals surface area contributed by atoms with Crippen molar-refractivity contribution in [3.05, 3.63) is 16.9 Å². The Balaban J connectivity index is 1.96. The number of anilines is 1. The Morgan fingerprint density at radius 3 is 2.47 bits per heavy atom. The number of nitrogens with zero attached hydrogens (tertiary/aromatic N) is 2. The molecule has 0 spiro atoms. The molecule has 1 fully saturated rings. The van der Waals surface area contributed by atoms with Gasteiger partial charge in [-0.3, -0.25) is 0 Å². The smallest absolute Gasteiger partial charge is 0.223 e. The SMILES string of the molecule is OC[C@@H](Nc1ncc(Br)cn1)[C@H](O)C1CCCCC1. The summed E-state index contributed by atoms with van der Waals surface area (Å²) in [4.78, 5) is 8.20. The predicted octanol–water partition coefficient (Wildman–Crippen LogP) is 1.95. The lowest BCUT2D eigenvalue weighted by Gasteiger charge is -2.31. The Morgan fingerprint density at radius 1 is 1.26 bits per heavy atom. The topological polar surface area (TPSA) is 78.3 Å². The van der Waals surface area contributed by atoms with Crippen molar-refractivity contribution in [1.82, 2.24) is 9.97 Å². The number of aromatic nitrogens is 2. The zero-order valence-corrected chi connectivity index (χ0v) is 12.4. The third-order valence-electron chi connectivity index (χ3n) is 3.68. The summed E-state index contributed by atoms with van der Waals surface area (Å²) in [5.41, 5.74) is 0. The number of aliphatic hydroxyl groups excluding tert-OH is 2. The molecule has 1 aliphatic rings. The Hall–Kier alpha value is -0.720. The predicted molar refractivity (Wildman–Crippen MR) is 76.8 cm³/mol. The summed E-state index contributed by atoms with van der Waals surface area (Å²) in [6.07, 6.45) is 8.34. The van der Waals surface area contributed by atoms with Crippen LogP contribution in [0.3, 0.4) is 0 Å². The molecule has 1 aromatic heterocycles. The number of halogens is 1. The minimum Gasteiger partial charge on any atom is -0.394 e. The lowest BCUT2D eigenvalue weighted by Crippen LogP contribution is -2.42. The van der Waals surface area contributed by atoms with E-state index in [1.807, 2.05) is 0 Å². The van der Waals surface area contributed by atoms with Crippen LogP contribution in [0, 0.1) is 5.92 Å². The molecule has 19 heavy (non-hydrogen) atoms. The van der Waals surface area contributed by atoms with Gasteiger partial charge in [0.1, 0.15) is 0 Å². The van der Waals surface area contributed by atoms with Gasteiger partial charge in [0.15, 0.2) is 0 Å². The Bertz CT molecular complexity index is 382. The van der Waals surface area contributed by atoms with E-state index in [0.29, 0.717) is 5.95 Å². The summed E-state index contributed by atoms with van der Waals surface area (Å²) in [5.74, 6) is 0.686. The van der Waals surface area contributed by atoms with Crippen LogP contribution in [0.1, 0.15) is 32.1 Å². The van der Waals surface area contributed by atoms with Crippen LogP contribution in [-0.4, -0.2) is 38.9 Å². The average molecular weight is 330 g/mol. The van der Waals surface area contributed by atoms with Gasteiger partial charge in [0.05, 0.1) is 23.2 Å². The summed E-state index contributed by atoms with van der Waals surface area (Å²) in [6.45, 7) is -0.128. The highest BCUT2D eigenvalue weighted by molar-refractivity contribution is 9.10. The van der Waals surface area contributed by atoms with E-state index in [-0.39, 0.29) is 12.5 Å². The lowest BCUT2D eigenvalue weighted by molar-refractivity contribution is 0.0491. The van der Waals surface area contributed by atoms with Crippen molar-refractivity contribution in [2.24, 2.45) is 5.92 Å². The van der Waals surface area contributed by atoms with E-state index in [9.17, 15) is 10.2 Å². The molecule has 1 saturated carbocycles. The van der Waals surface area contributed by atoms with Crippen molar-refractivity contribution in [1.29, 1.82) is 0 Å². The number of rotatable bonds is 5. The van der Waals surface area contributed by atoms with E-state index >= 15 is 0 Å². The largest absolute Gasteiger partial charge is 0.394 e. The molecular weight excluding hydrogens is 310 g/mol. The first-order valence-corrected chi connectivity index (χ1v) is 7.53. The van der Waals surface area contributed by atoms with Crippen molar-refractivity contribution in [2.75, 3.05) is 11.9 Å². The highest BCUT2D eigenvalue weighted by Gasteiger charge is 2.28. The zero-order chi connectivity index (χ0) is 13.7. The molecule has 3 N–H and O–H groups in total. The van der Waals surface area contributed by atoms with Gasteiger partial charge in [0, 0.05) is 12.4 Å². The maximum absolute atomic E-state index is 10.4. The first-order chi connectivity index (χ1) is 9.20. The van der Waals surface area contributed by atoms with Crippen molar-refractivity contribution in [2.45, 2.75) is 44.2 Å². The molecule has 6 heteroatoms. The molecule has 106 valence electrons. The van der Waals surface area contributed by atoms with E-state index in [0.717, 1.165) is 30.2 Å². The monoisotopic (exact) mass is 329 g/mol. The van der Waals surface area contributed by atoms with E-state index in [1.54, 1.807) is 12.4 Å². The van der Waals surface area contributed by atoms with Crippen LogP contribution in [0.15, 0.2) is 16.9 Å². The highest BCUT2D eigenvalue weighted by atomic mass is 79.9. The number of aliphatic hydroxyl groups is 2. The molecule has 0 aliphatic heterocycles. The zero-order valence-electron chi connectivity index (χ0n) is 10.8. The molecule has 5 nitrogen and oxygen atoms in total. The van der Waals surface area contributed by atoms with Gasteiger partial charge < -0.3 is 15.5 Å². The molecule has 0 unspecified atom stereocenters. The van der Waals surface area contributed by atoms with Crippen molar-refractivity contribution < 1.29 is 10.2 Å². The average Bonchev–Trinajstić information content (AvgIpc) is 2.47. The fraction of sp³-hybridized carbons (Fsp3) is 0.692. The molecule has 0 aromatic carbocycles. The molecule has 0 amide bonds. The first kappa shape index (κ1) is 14.7. The Morgan fingerprint density at radius 2 is 1.89 bits per heavy atom. The van der Waals surface area contributed by atoms with Crippen LogP contribution in [0.4, 0.5) is 5.95 Å². The minimum atomic E-state index is -0.558. The van der Waals surface area contributed by atoms with Gasteiger partial charge in [-0.15, -0.1) is 0 Å². The van der Waals surface area contributed by atoms with Crippen molar-refractivity contribution >= 4 is 21.9 Å². The van der Waals surface area contributed by atoms with Gasteiger partial charge >= 0.3 is 0 Å². The lowest BCUT2D eigenvalue weighted by atomic mass is 9.83. The number of hydrogen-bond donors (Lipinski definition) is 3. The quantitative estimate of drug-likeness (QED) is 0.769. The maximum atomic E-state index is 10.4. The summed E-state index contributed by atoms with van der Waals surface area (Å²) >= 11 is 3.27. The van der Waals surface area contributed by atoms with Crippen LogP contribution in [0.25, 0.3) is 0 Å². The maximum Gasteiger partial charge on any atom is 0.223 e. The van der Waals surface area contributed by atoms with Crippen molar-refractivity contribution in [3.63, 3.8) is 0 Å². The van der Waals surface area contributed by atoms with E-state index < -0.39 is 12.1 Å². The third kappa shape index (κ3) is 4.12. The van der Waals surface area contributed by atoms with Gasteiger partial charge in [0.25, 0.3) is 0 Å². The molecule has 2 rings (SSSR count). The second-order valence-corrected chi connectivity index (χ2v) is 5.96. The van der Waals surface area contributed by atoms with Gasteiger partial charge in [-0.05, 0) is 34.7 Å². The second kappa shape index (κ2) is 7.17. The molecule has 0 bridgehead atoms. The third-order valence-corrected chi connectivity index (χ3v) is 4.09. The van der Waals surface area contributed by atoms with Crippen LogP contribution < -0.4 is 5.32 Å². The standard InChI is InChI=1S/C13H20BrN3O2/c14-10-6-15-13(16-7-10)17-11(8-18)12(19)9-4-2-1-3-5-9/h6-7,9,11-12,18-19H,1-5,8H2,(H,15,16,17)/t11-,12-/m1/s1. The van der Waals surface area contributed by atoms with Crippen LogP contribution in [0.2, 0.25) is 0 Å². The van der Waals surface area contributed by atoms with Crippen LogP contribution >= 0.6 is 15.9 Å². The summed E-state index contributed by atoms with van der Waals surface area (Å²) in [5, 5.41) is 22.8. The van der Waals surface area contributed by atoms with Crippen LogP contribution in [0.5, 0.6) is 0 Å². The molecule has 0 saturated heterocycles. The number of nitrogens with one attached hydrogen (secondary N) is 1. The van der Waals surface area contributed by atoms with E-state index in [2.05, 4.69) is 31.2 Å². The van der Waals surface area contributed by atoms with E-state index in [4.69, 9.17) is 0 Å². The van der Waals surface area contributed by atoms with Gasteiger partial charge in [-0.25, -0.2) is 9.97 Å². The minimum absolute atomic E-state index is 0.128. The first-order valence-electron chi connectivity index (χ1n) is 6.73. The summed E-state index contributed by atoms with van der Waals surface area (Å²) in [7, 11) is 0. The highest BCUT2D eigenvalue weighted by Crippen LogP contribution is 2.28. The summed E-state index contributed by atoms with van der Waals surface area (Å²) in [6, 6.07) is -0.413. The molecule has 1 aromatic rings. The molecule has 0 radical (unpaired) electrons. The Labute approximate surface area is 121 Å². The fourth-order valence-corrected chi connectivity index (χ4v) is 2.80.